The molecule has 0 aliphatic heterocycles. The highest BCUT2D eigenvalue weighted by Crippen LogP contribution is 2.28. The van der Waals surface area contributed by atoms with Crippen LogP contribution in [0.3, 0.4) is 0 Å². The van der Waals surface area contributed by atoms with E-state index in [0.717, 1.165) is 37.1 Å². The minimum atomic E-state index is -0.0554. The van der Waals surface area contributed by atoms with E-state index in [1.165, 1.54) is 11.8 Å². The fourth-order valence-corrected chi connectivity index (χ4v) is 3.32. The highest BCUT2D eigenvalue weighted by Gasteiger charge is 2.23. The van der Waals surface area contributed by atoms with Crippen LogP contribution in [0, 0.1) is 5.92 Å². The van der Waals surface area contributed by atoms with Crippen LogP contribution in [0.1, 0.15) is 32.6 Å². The maximum Gasteiger partial charge on any atom is 0.221 e. The molecule has 0 bridgehead atoms. The van der Waals surface area contributed by atoms with Gasteiger partial charge < -0.3 is 5.32 Å². The Hall–Kier alpha value is -1.29. The lowest BCUT2D eigenvalue weighted by atomic mass is 10.1. The molecule has 19 heavy (non-hydrogen) atoms. The van der Waals surface area contributed by atoms with Crippen LogP contribution < -0.4 is 5.32 Å². The molecule has 1 aliphatic carbocycles. The van der Waals surface area contributed by atoms with Gasteiger partial charge in [-0.05, 0) is 49.3 Å². The van der Waals surface area contributed by atoms with Gasteiger partial charge in [-0.3, -0.25) is 9.59 Å². The van der Waals surface area contributed by atoms with Gasteiger partial charge in [0.2, 0.25) is 5.91 Å². The fourth-order valence-electron chi connectivity index (χ4n) is 2.35. The summed E-state index contributed by atoms with van der Waals surface area (Å²) < 4.78 is 0. The zero-order chi connectivity index (χ0) is 13.7. The van der Waals surface area contributed by atoms with Gasteiger partial charge in [-0.25, -0.2) is 0 Å². The van der Waals surface area contributed by atoms with Gasteiger partial charge in [-0.15, -0.1) is 11.8 Å². The molecule has 1 atom stereocenters. The fraction of sp³-hybridized carbons (Fsp3) is 0.467. The first-order chi connectivity index (χ1) is 9.15. The van der Waals surface area contributed by atoms with Crippen LogP contribution in [0.5, 0.6) is 0 Å². The van der Waals surface area contributed by atoms with Crippen molar-refractivity contribution in [3.63, 3.8) is 0 Å². The van der Waals surface area contributed by atoms with Crippen molar-refractivity contribution < 1.29 is 9.59 Å². The third kappa shape index (κ3) is 4.39. The highest BCUT2D eigenvalue weighted by molar-refractivity contribution is 7.99. The van der Waals surface area contributed by atoms with Crippen LogP contribution in [0.4, 0.5) is 5.69 Å². The zero-order valence-corrected chi connectivity index (χ0v) is 12.0. The summed E-state index contributed by atoms with van der Waals surface area (Å²) in [6, 6.07) is 7.83. The molecule has 0 spiro atoms. The third-order valence-corrected chi connectivity index (χ3v) is 4.39. The Morgan fingerprint density at radius 2 is 2.11 bits per heavy atom. The quantitative estimate of drug-likeness (QED) is 0.838. The maximum absolute atomic E-state index is 11.5. The standard InChI is InChI=1S/C15H19NO2S/c1-11(17)16-13-5-7-14(8-6-13)19-10-9-12-3-2-4-15(12)18/h5-8,12H,2-4,9-10H2,1H3,(H,16,17). The van der Waals surface area contributed by atoms with Crippen LogP contribution >= 0.6 is 11.8 Å². The third-order valence-electron chi connectivity index (χ3n) is 3.34. The molecule has 1 N–H and O–H groups in total. The van der Waals surface area contributed by atoms with Gasteiger partial charge in [-0.1, -0.05) is 0 Å². The molecule has 0 aromatic heterocycles. The van der Waals surface area contributed by atoms with E-state index in [-0.39, 0.29) is 5.91 Å². The predicted octanol–water partition coefficient (Wildman–Crippen LogP) is 3.50. The molecule has 102 valence electrons. The summed E-state index contributed by atoms with van der Waals surface area (Å²) in [5.74, 6) is 1.67. The lowest BCUT2D eigenvalue weighted by Crippen LogP contribution is -2.07. The van der Waals surface area contributed by atoms with Crippen molar-refractivity contribution in [2.75, 3.05) is 11.1 Å². The van der Waals surface area contributed by atoms with Crippen LogP contribution in [0.25, 0.3) is 0 Å². The summed E-state index contributed by atoms with van der Waals surface area (Å²) >= 11 is 1.77. The largest absolute Gasteiger partial charge is 0.326 e. The van der Waals surface area contributed by atoms with Crippen molar-refractivity contribution >= 4 is 29.1 Å². The zero-order valence-electron chi connectivity index (χ0n) is 11.1. The van der Waals surface area contributed by atoms with Crippen molar-refractivity contribution in [3.8, 4) is 0 Å². The van der Waals surface area contributed by atoms with E-state index in [9.17, 15) is 9.59 Å². The predicted molar refractivity (Wildman–Crippen MR) is 78.4 cm³/mol. The molecule has 4 heteroatoms. The van der Waals surface area contributed by atoms with Crippen LogP contribution in [0.2, 0.25) is 0 Å². The second-order valence-corrected chi connectivity index (χ2v) is 6.07. The minimum Gasteiger partial charge on any atom is -0.326 e. The Morgan fingerprint density at radius 3 is 2.68 bits per heavy atom. The van der Waals surface area contributed by atoms with Gasteiger partial charge in [-0.2, -0.15) is 0 Å². The molecule has 0 heterocycles. The number of benzene rings is 1. The van der Waals surface area contributed by atoms with Gasteiger partial charge in [0.05, 0.1) is 0 Å². The number of hydrogen-bond acceptors (Lipinski definition) is 3. The lowest BCUT2D eigenvalue weighted by molar-refractivity contribution is -0.120. The highest BCUT2D eigenvalue weighted by atomic mass is 32.2. The van der Waals surface area contributed by atoms with Crippen molar-refractivity contribution in [2.45, 2.75) is 37.5 Å². The van der Waals surface area contributed by atoms with E-state index < -0.39 is 0 Å². The Bertz CT molecular complexity index is 456. The van der Waals surface area contributed by atoms with E-state index >= 15 is 0 Å². The van der Waals surface area contributed by atoms with Crippen LogP contribution in [-0.4, -0.2) is 17.4 Å². The van der Waals surface area contributed by atoms with E-state index in [1.807, 2.05) is 24.3 Å². The normalized spacial score (nSPS) is 18.6. The summed E-state index contributed by atoms with van der Waals surface area (Å²) in [6.07, 6.45) is 3.90. The first-order valence-electron chi connectivity index (χ1n) is 6.68. The number of hydrogen-bond donors (Lipinski definition) is 1. The molecule has 1 aromatic rings. The van der Waals surface area contributed by atoms with Crippen molar-refractivity contribution in [1.82, 2.24) is 0 Å². The molecule has 0 radical (unpaired) electrons. The second kappa shape index (κ2) is 6.75. The van der Waals surface area contributed by atoms with Crippen molar-refractivity contribution in [1.29, 1.82) is 0 Å². The molecule has 3 nitrogen and oxygen atoms in total. The number of rotatable bonds is 5. The average Bonchev–Trinajstić information content (AvgIpc) is 2.77. The summed E-state index contributed by atoms with van der Waals surface area (Å²) in [5, 5.41) is 2.75. The first-order valence-corrected chi connectivity index (χ1v) is 7.67. The van der Waals surface area contributed by atoms with Gasteiger partial charge >= 0.3 is 0 Å². The van der Waals surface area contributed by atoms with Crippen LogP contribution in [-0.2, 0) is 9.59 Å². The average molecular weight is 277 g/mol. The Labute approximate surface area is 118 Å². The molecular formula is C15H19NO2S. The SMILES string of the molecule is CC(=O)Nc1ccc(SCCC2CCCC2=O)cc1. The summed E-state index contributed by atoms with van der Waals surface area (Å²) in [7, 11) is 0. The summed E-state index contributed by atoms with van der Waals surface area (Å²) in [6.45, 7) is 1.50. The first kappa shape index (κ1) is 14.1. The Kier molecular flexibility index (Phi) is 5.02. The molecule has 0 saturated heterocycles. The summed E-state index contributed by atoms with van der Waals surface area (Å²) in [5.41, 5.74) is 0.822. The number of carbonyl (C=O) groups excluding carboxylic acids is 2. The Morgan fingerprint density at radius 1 is 1.37 bits per heavy atom. The topological polar surface area (TPSA) is 46.2 Å². The van der Waals surface area contributed by atoms with E-state index in [0.29, 0.717) is 11.7 Å². The van der Waals surface area contributed by atoms with Gasteiger partial charge in [0.25, 0.3) is 0 Å². The number of anilines is 1. The van der Waals surface area contributed by atoms with Gasteiger partial charge in [0, 0.05) is 29.8 Å². The minimum absolute atomic E-state index is 0.0554. The molecule has 2 rings (SSSR count). The van der Waals surface area contributed by atoms with E-state index in [4.69, 9.17) is 0 Å². The Balaban J connectivity index is 1.76. The lowest BCUT2D eigenvalue weighted by Gasteiger charge is -2.08. The number of amides is 1. The number of ketones is 1. The number of Topliss-reactive ketones (excluding diaryl/α,β-unsaturated/α-hetero) is 1. The molecule has 1 amide bonds. The van der Waals surface area contributed by atoms with Gasteiger partial charge in [0.1, 0.15) is 5.78 Å². The monoisotopic (exact) mass is 277 g/mol. The van der Waals surface area contributed by atoms with E-state index in [2.05, 4.69) is 5.32 Å². The molecule has 1 aliphatic rings. The van der Waals surface area contributed by atoms with Crippen molar-refractivity contribution in [3.05, 3.63) is 24.3 Å². The second-order valence-electron chi connectivity index (χ2n) is 4.90. The molecule has 1 saturated carbocycles. The number of nitrogens with one attached hydrogen (secondary N) is 1. The molecule has 1 unspecified atom stereocenters. The van der Waals surface area contributed by atoms with Crippen molar-refractivity contribution in [2.24, 2.45) is 5.92 Å². The molecule has 1 aromatic carbocycles. The molecular weight excluding hydrogens is 258 g/mol. The van der Waals surface area contributed by atoms with Crippen LogP contribution in [0.15, 0.2) is 29.2 Å². The molecule has 1 fully saturated rings. The van der Waals surface area contributed by atoms with E-state index in [1.54, 1.807) is 11.8 Å². The number of thioether (sulfide) groups is 1. The van der Waals surface area contributed by atoms with Gasteiger partial charge in [0.15, 0.2) is 0 Å². The number of carbonyl (C=O) groups is 2. The summed E-state index contributed by atoms with van der Waals surface area (Å²) in [4.78, 5) is 23.6. The maximum atomic E-state index is 11.5. The smallest absolute Gasteiger partial charge is 0.221 e.